The van der Waals surface area contributed by atoms with Gasteiger partial charge in [0.05, 0.1) is 20.3 Å². The van der Waals surface area contributed by atoms with E-state index in [1.807, 2.05) is 42.5 Å². The van der Waals surface area contributed by atoms with Crippen molar-refractivity contribution in [3.05, 3.63) is 60.2 Å². The molecule has 0 amide bonds. The average Bonchev–Trinajstić information content (AvgIpc) is 2.73. The van der Waals surface area contributed by atoms with Gasteiger partial charge in [0, 0.05) is 19.0 Å². The van der Waals surface area contributed by atoms with Crippen molar-refractivity contribution in [1.82, 2.24) is 4.67 Å². The molecule has 152 valence electrons. The van der Waals surface area contributed by atoms with Crippen LogP contribution >= 0.6 is 7.75 Å². The lowest BCUT2D eigenvalue weighted by Gasteiger charge is -2.39. The fourth-order valence-electron chi connectivity index (χ4n) is 3.68. The van der Waals surface area contributed by atoms with Gasteiger partial charge in [-0.05, 0) is 49.1 Å². The highest BCUT2D eigenvalue weighted by molar-refractivity contribution is 7.50. The first-order valence-corrected chi connectivity index (χ1v) is 11.1. The second-order valence-electron chi connectivity index (χ2n) is 6.87. The zero-order chi connectivity index (χ0) is 20.0. The summed E-state index contributed by atoms with van der Waals surface area (Å²) in [5.74, 6) is 1.86. The Labute approximate surface area is 166 Å². The highest BCUT2D eigenvalue weighted by Crippen LogP contribution is 2.50. The molecule has 3 unspecified atom stereocenters. The lowest BCUT2D eigenvalue weighted by molar-refractivity contribution is 0.126. The van der Waals surface area contributed by atoms with Gasteiger partial charge in [0.2, 0.25) is 0 Å². The second kappa shape index (κ2) is 9.57. The van der Waals surface area contributed by atoms with Crippen molar-refractivity contribution in [3.63, 3.8) is 0 Å². The van der Waals surface area contributed by atoms with Gasteiger partial charge in [0.25, 0.3) is 0 Å². The Morgan fingerprint density at radius 2 is 1.79 bits per heavy atom. The molecule has 3 rings (SSSR count). The van der Waals surface area contributed by atoms with Crippen molar-refractivity contribution in [1.29, 1.82) is 0 Å². The Morgan fingerprint density at radius 1 is 1.11 bits per heavy atom. The molecular formula is C21H28NO5P. The van der Waals surface area contributed by atoms with E-state index in [1.165, 1.54) is 5.56 Å². The van der Waals surface area contributed by atoms with Crippen molar-refractivity contribution in [2.75, 3.05) is 33.4 Å². The smallest absolute Gasteiger partial charge is 0.405 e. The highest BCUT2D eigenvalue weighted by atomic mass is 31.2. The van der Waals surface area contributed by atoms with Crippen LogP contribution in [0.2, 0.25) is 0 Å². The van der Waals surface area contributed by atoms with Crippen LogP contribution < -0.4 is 9.47 Å². The Bertz CT molecular complexity index is 783. The molecule has 3 atom stereocenters. The van der Waals surface area contributed by atoms with Crippen molar-refractivity contribution >= 4 is 7.75 Å². The predicted molar refractivity (Wildman–Crippen MR) is 109 cm³/mol. The van der Waals surface area contributed by atoms with Gasteiger partial charge >= 0.3 is 7.75 Å². The normalized spacial score (nSPS) is 22.4. The zero-order valence-electron chi connectivity index (χ0n) is 16.4. The average molecular weight is 405 g/mol. The molecule has 1 aliphatic rings. The van der Waals surface area contributed by atoms with E-state index in [4.69, 9.17) is 14.0 Å². The number of benzene rings is 2. The number of nitrogens with zero attached hydrogens (tertiary/aromatic N) is 1. The maximum atomic E-state index is 12.5. The van der Waals surface area contributed by atoms with Crippen LogP contribution in [0, 0.1) is 5.92 Å². The van der Waals surface area contributed by atoms with E-state index in [1.54, 1.807) is 18.7 Å². The fourth-order valence-corrected chi connectivity index (χ4v) is 4.96. The molecule has 0 aliphatic carbocycles. The molecule has 0 radical (unpaired) electrons. The minimum absolute atomic E-state index is 0.0687. The van der Waals surface area contributed by atoms with Gasteiger partial charge in [-0.3, -0.25) is 4.52 Å². The summed E-state index contributed by atoms with van der Waals surface area (Å²) in [5.41, 5.74) is 1.23. The van der Waals surface area contributed by atoms with E-state index in [0.29, 0.717) is 19.7 Å². The summed E-state index contributed by atoms with van der Waals surface area (Å²) in [7, 11) is -2.14. The zero-order valence-corrected chi connectivity index (χ0v) is 17.3. The molecule has 1 aliphatic heterocycles. The molecule has 6 nitrogen and oxygen atoms in total. The van der Waals surface area contributed by atoms with Crippen LogP contribution in [0.5, 0.6) is 11.5 Å². The van der Waals surface area contributed by atoms with Crippen LogP contribution in [0.25, 0.3) is 0 Å². The third kappa shape index (κ3) is 5.15. The van der Waals surface area contributed by atoms with E-state index >= 15 is 0 Å². The number of piperidine rings is 1. The van der Waals surface area contributed by atoms with E-state index in [9.17, 15) is 9.46 Å². The van der Waals surface area contributed by atoms with Gasteiger partial charge in [-0.25, -0.2) is 9.24 Å². The Morgan fingerprint density at radius 3 is 2.43 bits per heavy atom. The number of hydrogen-bond donors (Lipinski definition) is 1. The van der Waals surface area contributed by atoms with Gasteiger partial charge in [-0.2, -0.15) is 0 Å². The number of methoxy groups -OCH3 is 1. The lowest BCUT2D eigenvalue weighted by Crippen LogP contribution is -2.40. The van der Waals surface area contributed by atoms with Crippen molar-refractivity contribution in [3.8, 4) is 11.5 Å². The van der Waals surface area contributed by atoms with E-state index < -0.39 is 7.75 Å². The molecule has 0 aromatic heterocycles. The number of hydrogen-bond acceptors (Lipinski definition) is 4. The Hall–Kier alpha value is -1.85. The lowest BCUT2D eigenvalue weighted by atomic mass is 9.81. The minimum atomic E-state index is -3.77. The molecule has 1 heterocycles. The highest BCUT2D eigenvalue weighted by Gasteiger charge is 2.39. The summed E-state index contributed by atoms with van der Waals surface area (Å²) < 4.78 is 30.4. The molecule has 2 aromatic rings. The SMILES string of the molecule is CCOP(=O)(O)N1CCC(c2ccccc2)C(COc2ccc(OC)cc2)C1. The first-order valence-electron chi connectivity index (χ1n) is 9.58. The summed E-state index contributed by atoms with van der Waals surface area (Å²) in [6, 6.07) is 17.7. The summed E-state index contributed by atoms with van der Waals surface area (Å²) >= 11 is 0. The summed E-state index contributed by atoms with van der Waals surface area (Å²) in [4.78, 5) is 10.3. The monoisotopic (exact) mass is 405 g/mol. The van der Waals surface area contributed by atoms with Crippen LogP contribution in [0.4, 0.5) is 0 Å². The third-order valence-electron chi connectivity index (χ3n) is 5.12. The summed E-state index contributed by atoms with van der Waals surface area (Å²) in [6.07, 6.45) is 0.776. The standard InChI is InChI=1S/C21H28NO5P/c1-3-27-28(23,24)22-14-13-21(17-7-5-4-6-8-17)18(15-22)16-26-20-11-9-19(25-2)10-12-20/h4-12,18,21H,3,13-16H2,1-2H3,(H,23,24). The largest absolute Gasteiger partial charge is 0.497 e. The molecule has 1 fully saturated rings. The molecule has 0 bridgehead atoms. The molecule has 28 heavy (non-hydrogen) atoms. The van der Waals surface area contributed by atoms with Gasteiger partial charge < -0.3 is 14.4 Å². The van der Waals surface area contributed by atoms with E-state index in [2.05, 4.69) is 12.1 Å². The van der Waals surface area contributed by atoms with Gasteiger partial charge in [-0.1, -0.05) is 30.3 Å². The molecule has 7 heteroatoms. The van der Waals surface area contributed by atoms with Gasteiger partial charge in [0.1, 0.15) is 11.5 Å². The number of ether oxygens (including phenoxy) is 2. The first kappa shape index (κ1) is 20.9. The second-order valence-corrected chi connectivity index (χ2v) is 8.68. The van der Waals surface area contributed by atoms with Crippen molar-refractivity contribution < 1.29 is 23.5 Å². The first-order chi connectivity index (χ1) is 13.5. The fraction of sp³-hybridized carbons (Fsp3) is 0.429. The van der Waals surface area contributed by atoms with Gasteiger partial charge in [0.15, 0.2) is 0 Å². The third-order valence-corrected chi connectivity index (χ3v) is 6.79. The molecular weight excluding hydrogens is 377 g/mol. The molecule has 0 saturated carbocycles. The van der Waals surface area contributed by atoms with E-state index in [0.717, 1.165) is 17.9 Å². The van der Waals surface area contributed by atoms with Crippen LogP contribution in [0.1, 0.15) is 24.8 Å². The van der Waals surface area contributed by atoms with Crippen molar-refractivity contribution in [2.45, 2.75) is 19.3 Å². The Balaban J connectivity index is 1.74. The van der Waals surface area contributed by atoms with Crippen LogP contribution in [-0.2, 0) is 9.09 Å². The molecule has 1 saturated heterocycles. The summed E-state index contributed by atoms with van der Waals surface area (Å²) in [5, 5.41) is 0. The maximum Gasteiger partial charge on any atom is 0.405 e. The van der Waals surface area contributed by atoms with Crippen LogP contribution in [0.15, 0.2) is 54.6 Å². The predicted octanol–water partition coefficient (Wildman–Crippen LogP) is 4.32. The number of rotatable bonds is 8. The minimum Gasteiger partial charge on any atom is -0.497 e. The van der Waals surface area contributed by atoms with Gasteiger partial charge in [-0.15, -0.1) is 0 Å². The summed E-state index contributed by atoms with van der Waals surface area (Å²) in [6.45, 7) is 3.35. The maximum absolute atomic E-state index is 12.5. The quantitative estimate of drug-likeness (QED) is 0.660. The molecule has 1 N–H and O–H groups in total. The van der Waals surface area contributed by atoms with E-state index in [-0.39, 0.29) is 18.4 Å². The molecule has 0 spiro atoms. The molecule has 2 aromatic carbocycles. The van der Waals surface area contributed by atoms with Crippen LogP contribution in [0.3, 0.4) is 0 Å². The van der Waals surface area contributed by atoms with Crippen LogP contribution in [-0.4, -0.2) is 43.0 Å². The Kier molecular flexibility index (Phi) is 7.13. The van der Waals surface area contributed by atoms with Crippen molar-refractivity contribution in [2.24, 2.45) is 5.92 Å². The topological polar surface area (TPSA) is 68.2 Å².